The Morgan fingerprint density at radius 3 is 1.17 bits per heavy atom. The van der Waals surface area contributed by atoms with E-state index in [4.69, 9.17) is 0 Å². The fourth-order valence-corrected chi connectivity index (χ4v) is 8.84. The maximum Gasteiger partial charge on any atom is 0.133 e. The van der Waals surface area contributed by atoms with Crippen molar-refractivity contribution in [1.29, 1.82) is 0 Å². The Morgan fingerprint density at radius 1 is 0.514 bits per heavy atom. The van der Waals surface area contributed by atoms with E-state index in [-0.39, 0.29) is 0 Å². The molecule has 35 heavy (non-hydrogen) atoms. The summed E-state index contributed by atoms with van der Waals surface area (Å²) in [6.07, 6.45) is 3.49. The summed E-state index contributed by atoms with van der Waals surface area (Å²) >= 11 is 0. The van der Waals surface area contributed by atoms with Crippen LogP contribution < -0.4 is 5.30 Å². The van der Waals surface area contributed by atoms with E-state index >= 15 is 0 Å². The second kappa shape index (κ2) is 9.67. The SMILES string of the molecule is Cc1c(C)c(C)c(-c2cccc(-c3c(C)c(C)c(C)c(C)c3C)c2P2CCC(=O)CC2)c(C)c1C. The zero-order valence-electron chi connectivity index (χ0n) is 23.4. The minimum Gasteiger partial charge on any atom is -0.300 e. The van der Waals surface area contributed by atoms with Crippen molar-refractivity contribution in [2.45, 2.75) is 82.1 Å². The van der Waals surface area contributed by atoms with Crippen LogP contribution in [0.25, 0.3) is 22.3 Å². The maximum atomic E-state index is 12.2. The van der Waals surface area contributed by atoms with Gasteiger partial charge in [-0.2, -0.15) is 0 Å². The van der Waals surface area contributed by atoms with Crippen molar-refractivity contribution in [2.24, 2.45) is 0 Å². The molecule has 4 rings (SSSR count). The molecule has 3 aromatic carbocycles. The van der Waals surface area contributed by atoms with Crippen LogP contribution in [0, 0.1) is 69.2 Å². The number of hydrogen-bond donors (Lipinski definition) is 0. The Morgan fingerprint density at radius 2 is 0.829 bits per heavy atom. The Labute approximate surface area is 214 Å². The highest BCUT2D eigenvalue weighted by atomic mass is 31.1. The average Bonchev–Trinajstić information content (AvgIpc) is 2.85. The van der Waals surface area contributed by atoms with Crippen LogP contribution in [0.15, 0.2) is 18.2 Å². The first-order valence-corrected chi connectivity index (χ1v) is 14.7. The average molecular weight is 485 g/mol. The molecule has 3 aromatic rings. The summed E-state index contributed by atoms with van der Waals surface area (Å²) in [5, 5.41) is 1.53. The number of Topliss-reactive ketones (excluding diaryl/α,β-unsaturated/α-hetero) is 1. The van der Waals surface area contributed by atoms with Gasteiger partial charge in [-0.3, -0.25) is 4.79 Å². The fraction of sp³-hybridized carbons (Fsp3) is 0.424. The molecule has 1 fully saturated rings. The predicted octanol–water partition coefficient (Wildman–Crippen LogP) is 8.57. The molecule has 0 radical (unpaired) electrons. The molecule has 0 N–H and O–H groups in total. The van der Waals surface area contributed by atoms with Crippen molar-refractivity contribution in [1.82, 2.24) is 0 Å². The minimum atomic E-state index is -0.407. The first kappa shape index (κ1) is 25.8. The van der Waals surface area contributed by atoms with E-state index in [1.54, 1.807) is 0 Å². The van der Waals surface area contributed by atoms with Gasteiger partial charge in [0.1, 0.15) is 5.78 Å². The molecule has 1 saturated heterocycles. The molecule has 1 heterocycles. The van der Waals surface area contributed by atoms with Crippen LogP contribution in [0.3, 0.4) is 0 Å². The molecule has 1 nitrogen and oxygen atoms in total. The third-order valence-corrected chi connectivity index (χ3v) is 11.9. The van der Waals surface area contributed by atoms with Crippen molar-refractivity contribution in [3.63, 3.8) is 0 Å². The second-order valence-corrected chi connectivity index (χ2v) is 13.1. The molecule has 0 amide bonds. The van der Waals surface area contributed by atoms with Crippen molar-refractivity contribution in [2.75, 3.05) is 12.3 Å². The summed E-state index contributed by atoms with van der Waals surface area (Å²) in [4.78, 5) is 12.2. The molecule has 2 heteroatoms. The highest BCUT2D eigenvalue weighted by molar-refractivity contribution is 7.66. The highest BCUT2D eigenvalue weighted by Crippen LogP contribution is 2.48. The Hall–Kier alpha value is -2.24. The summed E-state index contributed by atoms with van der Waals surface area (Å²) in [5.74, 6) is 0.437. The van der Waals surface area contributed by atoms with Gasteiger partial charge in [0, 0.05) is 12.8 Å². The minimum absolute atomic E-state index is 0.407. The number of rotatable bonds is 3. The van der Waals surface area contributed by atoms with Crippen LogP contribution in [0.4, 0.5) is 0 Å². The van der Waals surface area contributed by atoms with Gasteiger partial charge in [-0.05, 0) is 165 Å². The molecule has 0 spiro atoms. The van der Waals surface area contributed by atoms with Gasteiger partial charge in [-0.15, -0.1) is 0 Å². The summed E-state index contributed by atoms with van der Waals surface area (Å²) in [7, 11) is -0.407. The van der Waals surface area contributed by atoms with E-state index < -0.39 is 7.92 Å². The standard InChI is InChI=1S/C33H41OP/c1-18-20(3)24(7)31(25(8)21(18)4)29-12-11-13-30(33(29)35-16-14-28(34)15-17-35)32-26(9)22(5)19(2)23(6)27(32)10/h11-13H,14-17H2,1-10H3. The van der Waals surface area contributed by atoms with Gasteiger partial charge < -0.3 is 0 Å². The lowest BCUT2D eigenvalue weighted by atomic mass is 9.83. The van der Waals surface area contributed by atoms with E-state index in [1.165, 1.54) is 83.2 Å². The van der Waals surface area contributed by atoms with Crippen LogP contribution in [0.2, 0.25) is 0 Å². The summed E-state index contributed by atoms with van der Waals surface area (Å²) < 4.78 is 0. The van der Waals surface area contributed by atoms with Crippen molar-refractivity contribution in [3.8, 4) is 22.3 Å². The normalized spacial score (nSPS) is 14.6. The zero-order chi connectivity index (χ0) is 25.8. The van der Waals surface area contributed by atoms with Gasteiger partial charge in [0.25, 0.3) is 0 Å². The van der Waals surface area contributed by atoms with Crippen LogP contribution in [-0.2, 0) is 4.79 Å². The van der Waals surface area contributed by atoms with Gasteiger partial charge in [0.15, 0.2) is 0 Å². The molecular formula is C33H41OP. The van der Waals surface area contributed by atoms with Crippen LogP contribution in [-0.4, -0.2) is 18.1 Å². The number of carbonyl (C=O) groups is 1. The number of benzene rings is 3. The topological polar surface area (TPSA) is 17.1 Å². The lowest BCUT2D eigenvalue weighted by Crippen LogP contribution is -2.21. The highest BCUT2D eigenvalue weighted by Gasteiger charge is 2.28. The van der Waals surface area contributed by atoms with E-state index in [9.17, 15) is 4.79 Å². The zero-order valence-corrected chi connectivity index (χ0v) is 24.3. The third-order valence-electron chi connectivity index (χ3n) is 9.21. The van der Waals surface area contributed by atoms with Crippen molar-refractivity contribution in [3.05, 3.63) is 73.8 Å². The molecule has 184 valence electrons. The Balaban J connectivity index is 2.12. The fourth-order valence-electron chi connectivity index (χ4n) is 6.08. The smallest absolute Gasteiger partial charge is 0.133 e. The molecular weight excluding hydrogens is 443 g/mol. The largest absolute Gasteiger partial charge is 0.300 e. The summed E-state index contributed by atoms with van der Waals surface area (Å²) in [5.41, 5.74) is 19.7. The van der Waals surface area contributed by atoms with E-state index in [0.29, 0.717) is 5.78 Å². The van der Waals surface area contributed by atoms with Gasteiger partial charge in [-0.25, -0.2) is 0 Å². The predicted molar refractivity (Wildman–Crippen MR) is 155 cm³/mol. The number of ketones is 1. The van der Waals surface area contributed by atoms with Crippen LogP contribution >= 0.6 is 7.92 Å². The third kappa shape index (κ3) is 4.21. The van der Waals surface area contributed by atoms with Gasteiger partial charge in [0.05, 0.1) is 0 Å². The van der Waals surface area contributed by atoms with Gasteiger partial charge in [0.2, 0.25) is 0 Å². The first-order chi connectivity index (χ1) is 16.5. The summed E-state index contributed by atoms with van der Waals surface area (Å²) in [6.45, 7) is 22.8. The molecule has 0 saturated carbocycles. The number of carbonyl (C=O) groups excluding carboxylic acids is 1. The Bertz CT molecular complexity index is 1200. The van der Waals surface area contributed by atoms with Crippen LogP contribution in [0.1, 0.15) is 68.5 Å². The molecule has 0 unspecified atom stereocenters. The van der Waals surface area contributed by atoms with Crippen LogP contribution in [0.5, 0.6) is 0 Å². The second-order valence-electron chi connectivity index (χ2n) is 10.7. The van der Waals surface area contributed by atoms with Crippen molar-refractivity contribution < 1.29 is 4.79 Å². The maximum absolute atomic E-state index is 12.2. The molecule has 1 aliphatic heterocycles. The Kier molecular flexibility index (Phi) is 7.14. The number of hydrogen-bond acceptors (Lipinski definition) is 1. The summed E-state index contributed by atoms with van der Waals surface area (Å²) in [6, 6.07) is 6.99. The van der Waals surface area contributed by atoms with E-state index in [1.807, 2.05) is 0 Å². The van der Waals surface area contributed by atoms with E-state index in [2.05, 4.69) is 87.4 Å². The monoisotopic (exact) mass is 484 g/mol. The van der Waals surface area contributed by atoms with Gasteiger partial charge in [-0.1, -0.05) is 26.1 Å². The quantitative estimate of drug-likeness (QED) is 0.340. The molecule has 0 aromatic heterocycles. The van der Waals surface area contributed by atoms with Crippen molar-refractivity contribution >= 4 is 19.0 Å². The molecule has 0 atom stereocenters. The van der Waals surface area contributed by atoms with E-state index in [0.717, 1.165) is 25.2 Å². The lowest BCUT2D eigenvalue weighted by Gasteiger charge is -2.31. The molecule has 0 bridgehead atoms. The molecule has 1 aliphatic rings. The molecule has 0 aliphatic carbocycles. The lowest BCUT2D eigenvalue weighted by molar-refractivity contribution is -0.118. The van der Waals surface area contributed by atoms with Gasteiger partial charge >= 0.3 is 0 Å². The first-order valence-electron chi connectivity index (χ1n) is 13.0.